The fourth-order valence-electron chi connectivity index (χ4n) is 10.8. The molecular formula is C48H112P4Pd. The predicted molar refractivity (Wildman–Crippen MR) is 271 cm³/mol. The maximum atomic E-state index is 2.62. The molecule has 0 nitrogen and oxygen atoms in total. The van der Waals surface area contributed by atoms with E-state index in [9.17, 15) is 0 Å². The van der Waals surface area contributed by atoms with Crippen LogP contribution in [0.15, 0.2) is 0 Å². The molecule has 0 aliphatic rings. The summed E-state index contributed by atoms with van der Waals surface area (Å²) in [5.74, 6) is 0. The van der Waals surface area contributed by atoms with Gasteiger partial charge < -0.3 is 0 Å². The van der Waals surface area contributed by atoms with Crippen molar-refractivity contribution in [2.75, 3.05) is 73.9 Å². The molecule has 0 fully saturated rings. The number of hydrogen-bond donors (Lipinski definition) is 0. The molecule has 0 saturated heterocycles. The van der Waals surface area contributed by atoms with Crippen LogP contribution >= 0.6 is 21.8 Å². The molecule has 0 aliphatic carbocycles. The van der Waals surface area contributed by atoms with Crippen LogP contribution in [-0.2, 0) is 13.6 Å². The van der Waals surface area contributed by atoms with Crippen LogP contribution in [-0.4, -0.2) is 73.9 Å². The van der Waals surface area contributed by atoms with Crippen LogP contribution in [0.2, 0.25) is 0 Å². The zero-order valence-electron chi connectivity index (χ0n) is 39.8. The minimum absolute atomic E-state index is 1.47. The summed E-state index contributed by atoms with van der Waals surface area (Å²) in [6.45, 7) is 31.4. The Balaban J connectivity index is 9.99. The molecule has 0 aromatic heterocycles. The first-order valence-electron chi connectivity index (χ1n) is 25.4. The molecule has 0 aromatic carbocycles. The quantitative estimate of drug-likeness (QED) is 0.0424. The van der Waals surface area contributed by atoms with Gasteiger partial charge >= 0.3 is 346 Å². The third-order valence-corrected chi connectivity index (χ3v) is 147. The Morgan fingerprint density at radius 3 is 0.358 bits per heavy atom. The van der Waals surface area contributed by atoms with Crippen molar-refractivity contribution in [2.45, 2.75) is 237 Å². The van der Waals surface area contributed by atoms with E-state index in [2.05, 4.69) is 83.1 Å². The maximum absolute atomic E-state index is 2.62. The van der Waals surface area contributed by atoms with Gasteiger partial charge in [0.2, 0.25) is 0 Å². The van der Waals surface area contributed by atoms with E-state index in [0.717, 1.165) is 0 Å². The Labute approximate surface area is 344 Å². The normalized spacial score (nSPS) is 16.1. The molecule has 334 valence electrons. The number of unbranched alkanes of at least 4 members (excludes halogenated alkanes) is 12. The molecule has 0 N–H and O–H groups in total. The third-order valence-electron chi connectivity index (χ3n) is 13.6. The van der Waals surface area contributed by atoms with Crippen LogP contribution in [0.3, 0.4) is 0 Å². The molecule has 0 aliphatic heterocycles. The predicted octanol–water partition coefficient (Wildman–Crippen LogP) is 18.4. The van der Waals surface area contributed by atoms with Crippen molar-refractivity contribution in [1.82, 2.24) is 0 Å². The number of hydrogen-bond acceptors (Lipinski definition) is 0. The average molecular weight is 920 g/mol. The fraction of sp³-hybridized carbons (Fsp3) is 1.00. The second-order valence-corrected chi connectivity index (χ2v) is 77.3. The summed E-state index contributed by atoms with van der Waals surface area (Å²) in [4.78, 5) is 0. The summed E-state index contributed by atoms with van der Waals surface area (Å²) in [5.41, 5.74) is -6.64. The zero-order valence-corrected chi connectivity index (χ0v) is 45.3. The molecule has 0 heterocycles. The first-order valence-corrected chi connectivity index (χ1v) is 44.4. The van der Waals surface area contributed by atoms with Gasteiger partial charge in [-0.25, -0.2) is 0 Å². The van der Waals surface area contributed by atoms with Crippen molar-refractivity contribution in [3.63, 3.8) is 0 Å². The van der Waals surface area contributed by atoms with E-state index in [1.807, 2.05) is 73.9 Å². The van der Waals surface area contributed by atoms with Gasteiger partial charge in [-0.05, 0) is 0 Å². The van der Waals surface area contributed by atoms with Crippen LogP contribution in [0.25, 0.3) is 0 Å². The molecule has 5 heteroatoms. The van der Waals surface area contributed by atoms with Crippen LogP contribution < -0.4 is 0 Å². The SMILES string of the molecule is CCCC[PH](CCCC)(CCCC)[Pd]([PH](CCCC)(CCCC)CCCC)([PH](CCCC)(CCCC)CCCC)[PH](CCCC)(CCCC)CCCC. The van der Waals surface area contributed by atoms with Gasteiger partial charge in [0.1, 0.15) is 0 Å². The van der Waals surface area contributed by atoms with Gasteiger partial charge in [-0.3, -0.25) is 0 Å². The molecule has 53 heavy (non-hydrogen) atoms. The Hall–Kier alpha value is 2.38. The van der Waals surface area contributed by atoms with Gasteiger partial charge in [-0.15, -0.1) is 0 Å². The van der Waals surface area contributed by atoms with Crippen molar-refractivity contribution in [3.05, 3.63) is 0 Å². The summed E-state index contributed by atoms with van der Waals surface area (Å²) in [6, 6.07) is 0. The Morgan fingerprint density at radius 1 is 0.189 bits per heavy atom. The Kier molecular flexibility index (Phi) is 34.6. The van der Waals surface area contributed by atoms with Crippen LogP contribution in [0.5, 0.6) is 0 Å². The van der Waals surface area contributed by atoms with Gasteiger partial charge in [0.15, 0.2) is 0 Å². The van der Waals surface area contributed by atoms with Crippen molar-refractivity contribution >= 4 is 21.8 Å². The molecule has 0 radical (unpaired) electrons. The van der Waals surface area contributed by atoms with Crippen LogP contribution in [0, 0.1) is 0 Å². The molecule has 0 unspecified atom stereocenters. The van der Waals surface area contributed by atoms with Gasteiger partial charge in [0.05, 0.1) is 0 Å². The molecular weight excluding hydrogens is 807 g/mol. The average Bonchev–Trinajstić information content (AvgIpc) is 3.18. The van der Waals surface area contributed by atoms with Crippen molar-refractivity contribution in [1.29, 1.82) is 0 Å². The van der Waals surface area contributed by atoms with Crippen LogP contribution in [0.1, 0.15) is 237 Å². The summed E-state index contributed by atoms with van der Waals surface area (Å²) in [7, 11) is 0. The second kappa shape index (κ2) is 33.1. The Bertz CT molecular complexity index is 595. The molecule has 0 saturated carbocycles. The third kappa shape index (κ3) is 15.4. The van der Waals surface area contributed by atoms with E-state index >= 15 is 0 Å². The van der Waals surface area contributed by atoms with E-state index < -0.39 is 35.4 Å². The summed E-state index contributed by atoms with van der Waals surface area (Å²) < 4.78 is 0. The Morgan fingerprint density at radius 2 is 0.283 bits per heavy atom. The molecule has 0 atom stereocenters. The first kappa shape index (κ1) is 55.4. The zero-order chi connectivity index (χ0) is 40.0. The van der Waals surface area contributed by atoms with E-state index in [0.29, 0.717) is 0 Å². The van der Waals surface area contributed by atoms with E-state index in [1.54, 1.807) is 77.0 Å². The van der Waals surface area contributed by atoms with Crippen molar-refractivity contribution in [3.8, 4) is 0 Å². The van der Waals surface area contributed by atoms with Crippen LogP contribution in [0.4, 0.5) is 0 Å². The summed E-state index contributed by atoms with van der Waals surface area (Å²) in [5, 5.41) is 0. The molecule has 0 amide bonds. The van der Waals surface area contributed by atoms with Gasteiger partial charge in [0.25, 0.3) is 0 Å². The topological polar surface area (TPSA) is 0 Å². The molecule has 0 spiro atoms. The summed E-state index contributed by atoms with van der Waals surface area (Å²) >= 11 is -2.02. The molecule has 0 rings (SSSR count). The van der Waals surface area contributed by atoms with Gasteiger partial charge in [-0.1, -0.05) is 0 Å². The van der Waals surface area contributed by atoms with Gasteiger partial charge in [0, 0.05) is 0 Å². The monoisotopic (exact) mass is 919 g/mol. The van der Waals surface area contributed by atoms with Crippen molar-refractivity contribution in [2.24, 2.45) is 0 Å². The second-order valence-electron chi connectivity index (χ2n) is 18.1. The summed E-state index contributed by atoms with van der Waals surface area (Å²) in [6.07, 6.45) is 58.7. The van der Waals surface area contributed by atoms with E-state index in [4.69, 9.17) is 0 Å². The first-order chi connectivity index (χ1) is 25.7. The van der Waals surface area contributed by atoms with Gasteiger partial charge in [-0.2, -0.15) is 0 Å². The molecule has 0 aromatic rings. The molecule has 0 bridgehead atoms. The van der Waals surface area contributed by atoms with E-state index in [1.165, 1.54) is 77.0 Å². The minimum atomic E-state index is -2.02. The standard InChI is InChI=1S/4C12H27P.Pd/c4*1-4-7-10-13(11-8-5-2)12-9-6-3;/h4*4-12H2,1-3H3;/q;;;;-4/p+4. The van der Waals surface area contributed by atoms with Crippen molar-refractivity contribution < 1.29 is 13.6 Å². The van der Waals surface area contributed by atoms with E-state index in [-0.39, 0.29) is 0 Å². The number of rotatable bonds is 40. The fourth-order valence-corrected chi connectivity index (χ4v) is 221.